The van der Waals surface area contributed by atoms with Gasteiger partial charge >= 0.3 is 0 Å². The summed E-state index contributed by atoms with van der Waals surface area (Å²) >= 11 is 2.96. The molecule has 0 saturated heterocycles. The minimum absolute atomic E-state index is 0.0824. The molecular formula is C15H9BrF2N2O. The van der Waals surface area contributed by atoms with Gasteiger partial charge in [-0.2, -0.15) is 0 Å². The Morgan fingerprint density at radius 2 is 1.90 bits per heavy atom. The van der Waals surface area contributed by atoms with Gasteiger partial charge in [-0.15, -0.1) is 0 Å². The van der Waals surface area contributed by atoms with E-state index in [1.165, 1.54) is 6.07 Å². The van der Waals surface area contributed by atoms with Gasteiger partial charge < -0.3 is 10.3 Å². The zero-order valence-electron chi connectivity index (χ0n) is 10.6. The van der Waals surface area contributed by atoms with E-state index in [0.29, 0.717) is 11.6 Å². The highest BCUT2D eigenvalue weighted by molar-refractivity contribution is 9.10. The first kappa shape index (κ1) is 13.8. The third-order valence-electron chi connectivity index (χ3n) is 3.08. The lowest BCUT2D eigenvalue weighted by Crippen LogP contribution is -2.13. The first-order chi connectivity index (χ1) is 10.0. The summed E-state index contributed by atoms with van der Waals surface area (Å²) in [6, 6.07) is 8.89. The molecule has 21 heavy (non-hydrogen) atoms. The lowest BCUT2D eigenvalue weighted by molar-refractivity contribution is 0.102. The number of benzene rings is 2. The van der Waals surface area contributed by atoms with E-state index in [4.69, 9.17) is 0 Å². The van der Waals surface area contributed by atoms with E-state index in [0.717, 1.165) is 10.9 Å². The molecule has 2 aromatic carbocycles. The number of rotatable bonds is 2. The van der Waals surface area contributed by atoms with Gasteiger partial charge in [0.25, 0.3) is 5.91 Å². The maximum atomic E-state index is 13.6. The molecule has 1 heterocycles. The van der Waals surface area contributed by atoms with Crippen molar-refractivity contribution in [1.82, 2.24) is 4.98 Å². The van der Waals surface area contributed by atoms with E-state index in [-0.39, 0.29) is 10.2 Å². The monoisotopic (exact) mass is 350 g/mol. The van der Waals surface area contributed by atoms with Crippen molar-refractivity contribution in [3.05, 3.63) is 64.3 Å². The van der Waals surface area contributed by atoms with Crippen LogP contribution in [-0.2, 0) is 0 Å². The Hall–Kier alpha value is -2.21. The van der Waals surface area contributed by atoms with Crippen LogP contribution < -0.4 is 5.32 Å². The van der Waals surface area contributed by atoms with Gasteiger partial charge in [0.15, 0.2) is 0 Å². The molecule has 2 N–H and O–H groups in total. The van der Waals surface area contributed by atoms with Crippen molar-refractivity contribution < 1.29 is 13.6 Å². The molecule has 1 amide bonds. The summed E-state index contributed by atoms with van der Waals surface area (Å²) in [7, 11) is 0. The minimum Gasteiger partial charge on any atom is -0.361 e. The number of carbonyl (C=O) groups excluding carboxylic acids is 1. The first-order valence-corrected chi connectivity index (χ1v) is 6.87. The number of hydrogen-bond acceptors (Lipinski definition) is 1. The lowest BCUT2D eigenvalue weighted by atomic mass is 10.1. The summed E-state index contributed by atoms with van der Waals surface area (Å²) in [6.45, 7) is 0. The van der Waals surface area contributed by atoms with Gasteiger partial charge in [-0.1, -0.05) is 6.07 Å². The van der Waals surface area contributed by atoms with Crippen LogP contribution in [0.3, 0.4) is 0 Å². The summed E-state index contributed by atoms with van der Waals surface area (Å²) in [4.78, 5) is 15.1. The fourth-order valence-electron chi connectivity index (χ4n) is 2.00. The number of amides is 1. The molecule has 0 radical (unpaired) electrons. The maximum Gasteiger partial charge on any atom is 0.255 e. The van der Waals surface area contributed by atoms with E-state index in [1.54, 1.807) is 24.4 Å². The normalized spacial score (nSPS) is 10.8. The lowest BCUT2D eigenvalue weighted by Gasteiger charge is -2.08. The average Bonchev–Trinajstić information content (AvgIpc) is 2.92. The van der Waals surface area contributed by atoms with Gasteiger partial charge in [0.05, 0.1) is 10.2 Å². The van der Waals surface area contributed by atoms with Gasteiger partial charge in [-0.25, -0.2) is 8.78 Å². The zero-order chi connectivity index (χ0) is 15.0. The van der Waals surface area contributed by atoms with Crippen LogP contribution in [0.2, 0.25) is 0 Å². The molecule has 0 bridgehead atoms. The van der Waals surface area contributed by atoms with Crippen LogP contribution in [0.15, 0.2) is 47.1 Å². The van der Waals surface area contributed by atoms with Gasteiger partial charge in [-0.3, -0.25) is 4.79 Å². The van der Waals surface area contributed by atoms with E-state index in [1.807, 2.05) is 6.07 Å². The summed E-state index contributed by atoms with van der Waals surface area (Å²) in [5, 5.41) is 3.40. The largest absolute Gasteiger partial charge is 0.361 e. The number of carbonyl (C=O) groups is 1. The number of H-pyrrole nitrogens is 1. The third kappa shape index (κ3) is 2.67. The Labute approximate surface area is 127 Å². The predicted octanol–water partition coefficient (Wildman–Crippen LogP) is 4.46. The molecule has 0 aliphatic carbocycles. The maximum absolute atomic E-state index is 13.6. The fourth-order valence-corrected chi connectivity index (χ4v) is 2.35. The number of halogens is 3. The Balaban J connectivity index is 1.90. The number of nitrogens with one attached hydrogen (secondary N) is 2. The smallest absolute Gasteiger partial charge is 0.255 e. The van der Waals surface area contributed by atoms with E-state index >= 15 is 0 Å². The van der Waals surface area contributed by atoms with Gasteiger partial charge in [-0.05, 0) is 45.6 Å². The minimum atomic E-state index is -0.829. The molecule has 6 heteroatoms. The molecule has 0 fully saturated rings. The molecule has 3 aromatic rings. The topological polar surface area (TPSA) is 44.9 Å². The number of anilines is 1. The van der Waals surface area contributed by atoms with Crippen LogP contribution >= 0.6 is 15.9 Å². The van der Waals surface area contributed by atoms with E-state index in [2.05, 4.69) is 26.2 Å². The molecule has 0 aliphatic rings. The zero-order valence-corrected chi connectivity index (χ0v) is 12.2. The third-order valence-corrected chi connectivity index (χ3v) is 3.68. The highest BCUT2D eigenvalue weighted by Gasteiger charge is 2.13. The summed E-state index contributed by atoms with van der Waals surface area (Å²) in [5.74, 6) is -2.02. The van der Waals surface area contributed by atoms with Crippen molar-refractivity contribution in [3.63, 3.8) is 0 Å². The summed E-state index contributed by atoms with van der Waals surface area (Å²) in [6.07, 6.45) is 1.77. The standard InChI is InChI=1S/C15H9BrF2N2O/c16-10-6-14(12(18)7-11(10)17)20-15(21)9-2-1-8-3-4-19-13(8)5-9/h1-7,19H,(H,20,21). The van der Waals surface area contributed by atoms with Crippen LogP contribution in [0.5, 0.6) is 0 Å². The van der Waals surface area contributed by atoms with Gasteiger partial charge in [0, 0.05) is 23.3 Å². The highest BCUT2D eigenvalue weighted by atomic mass is 79.9. The average molecular weight is 351 g/mol. The van der Waals surface area contributed by atoms with E-state index < -0.39 is 17.5 Å². The quantitative estimate of drug-likeness (QED) is 0.658. The number of aromatic nitrogens is 1. The molecule has 3 rings (SSSR count). The van der Waals surface area contributed by atoms with Crippen molar-refractivity contribution in [2.45, 2.75) is 0 Å². The Morgan fingerprint density at radius 3 is 2.71 bits per heavy atom. The van der Waals surface area contributed by atoms with Crippen LogP contribution in [0.25, 0.3) is 10.9 Å². The van der Waals surface area contributed by atoms with Crippen molar-refractivity contribution in [3.8, 4) is 0 Å². The second kappa shape index (κ2) is 5.29. The number of fused-ring (bicyclic) bond motifs is 1. The van der Waals surface area contributed by atoms with Crippen LogP contribution in [0.4, 0.5) is 14.5 Å². The molecule has 0 aliphatic heterocycles. The Bertz CT molecular complexity index is 845. The Kier molecular flexibility index (Phi) is 3.47. The van der Waals surface area contributed by atoms with Crippen LogP contribution in [0.1, 0.15) is 10.4 Å². The molecule has 0 unspecified atom stereocenters. The SMILES string of the molecule is O=C(Nc1cc(Br)c(F)cc1F)c1ccc2cc[nH]c2c1. The van der Waals surface area contributed by atoms with Crippen molar-refractivity contribution in [1.29, 1.82) is 0 Å². The van der Waals surface area contributed by atoms with Gasteiger partial charge in [0.2, 0.25) is 0 Å². The van der Waals surface area contributed by atoms with E-state index in [9.17, 15) is 13.6 Å². The van der Waals surface area contributed by atoms with Crippen LogP contribution in [0, 0.1) is 11.6 Å². The molecule has 0 spiro atoms. The molecule has 0 atom stereocenters. The highest BCUT2D eigenvalue weighted by Crippen LogP contribution is 2.24. The molecule has 106 valence electrons. The number of hydrogen-bond donors (Lipinski definition) is 2. The molecule has 0 saturated carbocycles. The summed E-state index contributed by atoms with van der Waals surface area (Å²) < 4.78 is 26.9. The van der Waals surface area contributed by atoms with Crippen LogP contribution in [-0.4, -0.2) is 10.9 Å². The second-order valence-corrected chi connectivity index (χ2v) is 5.33. The molecule has 3 nitrogen and oxygen atoms in total. The van der Waals surface area contributed by atoms with Crippen molar-refractivity contribution >= 4 is 38.4 Å². The second-order valence-electron chi connectivity index (χ2n) is 4.48. The molecular weight excluding hydrogens is 342 g/mol. The first-order valence-electron chi connectivity index (χ1n) is 6.07. The molecule has 1 aromatic heterocycles. The Morgan fingerprint density at radius 1 is 1.10 bits per heavy atom. The van der Waals surface area contributed by atoms with Crippen molar-refractivity contribution in [2.75, 3.05) is 5.32 Å². The predicted molar refractivity (Wildman–Crippen MR) is 80.3 cm³/mol. The summed E-state index contributed by atoms with van der Waals surface area (Å²) in [5.41, 5.74) is 1.10. The van der Waals surface area contributed by atoms with Crippen molar-refractivity contribution in [2.24, 2.45) is 0 Å². The number of aromatic amines is 1. The fraction of sp³-hybridized carbons (Fsp3) is 0. The van der Waals surface area contributed by atoms with Gasteiger partial charge in [0.1, 0.15) is 11.6 Å².